The largest absolute Gasteiger partial charge is 0.379 e. The summed E-state index contributed by atoms with van der Waals surface area (Å²) in [6.07, 6.45) is -0.0672. The van der Waals surface area contributed by atoms with Gasteiger partial charge in [0, 0.05) is 6.61 Å². The quantitative estimate of drug-likeness (QED) is 0.592. The van der Waals surface area contributed by atoms with Gasteiger partial charge in [0.2, 0.25) is 5.91 Å². The predicted molar refractivity (Wildman–Crippen MR) is 41.1 cm³/mol. The van der Waals surface area contributed by atoms with Crippen molar-refractivity contribution < 1.29 is 14.3 Å². The Bertz CT molecular complexity index is 116. The first-order valence-electron chi connectivity index (χ1n) is 3.64. The molecule has 0 rings (SSSR count). The number of nitrogens with two attached hydrogens (primary N) is 1. The summed E-state index contributed by atoms with van der Waals surface area (Å²) in [5, 5.41) is 0. The molecule has 0 radical (unpaired) electrons. The average molecular weight is 161 g/mol. The molecule has 0 aliphatic heterocycles. The molecule has 0 bridgehead atoms. The molecule has 4 heteroatoms. The first kappa shape index (κ1) is 10.4. The monoisotopic (exact) mass is 161 g/mol. The van der Waals surface area contributed by atoms with Crippen LogP contribution in [0.1, 0.15) is 13.8 Å². The molecule has 0 saturated carbocycles. The molecule has 0 aromatic rings. The Labute approximate surface area is 66.7 Å². The number of hydrogen-bond acceptors (Lipinski definition) is 3. The van der Waals surface area contributed by atoms with E-state index in [2.05, 4.69) is 0 Å². The van der Waals surface area contributed by atoms with Crippen molar-refractivity contribution in [2.45, 2.75) is 20.0 Å². The Kier molecular flexibility index (Phi) is 5.78. The fourth-order valence-corrected chi connectivity index (χ4v) is 0.556. The van der Waals surface area contributed by atoms with Crippen molar-refractivity contribution in [2.75, 3.05) is 19.8 Å². The van der Waals surface area contributed by atoms with E-state index in [1.807, 2.05) is 13.8 Å². The van der Waals surface area contributed by atoms with E-state index in [4.69, 9.17) is 15.2 Å². The summed E-state index contributed by atoms with van der Waals surface area (Å²) in [5.41, 5.74) is 4.86. The number of ether oxygens (including phenoxy) is 2. The molecular weight excluding hydrogens is 146 g/mol. The van der Waals surface area contributed by atoms with Crippen LogP contribution in [0.5, 0.6) is 0 Å². The van der Waals surface area contributed by atoms with E-state index >= 15 is 0 Å². The Balaban J connectivity index is 3.22. The lowest BCUT2D eigenvalue weighted by Gasteiger charge is -2.10. The molecule has 66 valence electrons. The van der Waals surface area contributed by atoms with Gasteiger partial charge in [-0.2, -0.15) is 0 Å². The third-order valence-electron chi connectivity index (χ3n) is 1.07. The minimum Gasteiger partial charge on any atom is -0.379 e. The van der Waals surface area contributed by atoms with Crippen LogP contribution in [-0.4, -0.2) is 31.8 Å². The highest BCUT2D eigenvalue weighted by molar-refractivity contribution is 5.74. The van der Waals surface area contributed by atoms with Gasteiger partial charge in [-0.25, -0.2) is 0 Å². The van der Waals surface area contributed by atoms with Crippen LogP contribution in [0.2, 0.25) is 0 Å². The van der Waals surface area contributed by atoms with Crippen LogP contribution >= 0.6 is 0 Å². The van der Waals surface area contributed by atoms with Gasteiger partial charge < -0.3 is 15.2 Å². The molecule has 1 unspecified atom stereocenters. The van der Waals surface area contributed by atoms with E-state index in [0.29, 0.717) is 13.2 Å². The summed E-state index contributed by atoms with van der Waals surface area (Å²) in [4.78, 5) is 10.2. The lowest BCUT2D eigenvalue weighted by atomic mass is 10.4. The summed E-state index contributed by atoms with van der Waals surface area (Å²) >= 11 is 0. The van der Waals surface area contributed by atoms with Gasteiger partial charge in [0.15, 0.2) is 0 Å². The van der Waals surface area contributed by atoms with Crippen LogP contribution in [0.25, 0.3) is 0 Å². The van der Waals surface area contributed by atoms with Crippen LogP contribution < -0.4 is 5.73 Å². The van der Waals surface area contributed by atoms with Crippen molar-refractivity contribution in [3.05, 3.63) is 0 Å². The fraction of sp³-hybridized carbons (Fsp3) is 0.857. The van der Waals surface area contributed by atoms with Crippen LogP contribution in [0.3, 0.4) is 0 Å². The second-order valence-corrected chi connectivity index (χ2v) is 2.25. The Morgan fingerprint density at radius 1 is 1.64 bits per heavy atom. The number of amides is 1. The maximum absolute atomic E-state index is 10.2. The first-order valence-corrected chi connectivity index (χ1v) is 3.64. The van der Waals surface area contributed by atoms with Gasteiger partial charge in [0.1, 0.15) is 6.61 Å². The van der Waals surface area contributed by atoms with Gasteiger partial charge in [-0.15, -0.1) is 0 Å². The third kappa shape index (κ3) is 7.29. The lowest BCUT2D eigenvalue weighted by molar-refractivity contribution is -0.125. The van der Waals surface area contributed by atoms with Crippen molar-refractivity contribution in [3.8, 4) is 0 Å². The number of carbonyl (C=O) groups excluding carboxylic acids is 1. The molecule has 4 nitrogen and oxygen atoms in total. The zero-order valence-corrected chi connectivity index (χ0v) is 7.00. The van der Waals surface area contributed by atoms with Crippen LogP contribution in [0.15, 0.2) is 0 Å². The van der Waals surface area contributed by atoms with Crippen LogP contribution in [-0.2, 0) is 14.3 Å². The van der Waals surface area contributed by atoms with Gasteiger partial charge in [-0.1, -0.05) is 0 Å². The van der Waals surface area contributed by atoms with E-state index in [1.165, 1.54) is 0 Å². The second kappa shape index (κ2) is 6.12. The third-order valence-corrected chi connectivity index (χ3v) is 1.07. The Morgan fingerprint density at radius 3 is 2.73 bits per heavy atom. The van der Waals surface area contributed by atoms with Crippen molar-refractivity contribution in [1.82, 2.24) is 0 Å². The molecule has 0 saturated heterocycles. The number of carbonyl (C=O) groups is 1. The van der Waals surface area contributed by atoms with Gasteiger partial charge in [0.25, 0.3) is 0 Å². The summed E-state index contributed by atoms with van der Waals surface area (Å²) in [6, 6.07) is 0. The highest BCUT2D eigenvalue weighted by Gasteiger charge is 2.02. The number of hydrogen-bond donors (Lipinski definition) is 1. The maximum atomic E-state index is 10.2. The predicted octanol–water partition coefficient (Wildman–Crippen LogP) is -0.0867. The minimum absolute atomic E-state index is 0.0335. The highest BCUT2D eigenvalue weighted by Crippen LogP contribution is 1.90. The maximum Gasteiger partial charge on any atom is 0.243 e. The standard InChI is InChI=1S/C7H15NO3/c1-3-10-4-6(2)11-5-7(8)9/h6H,3-5H2,1-2H3,(H2,8,9). The fourth-order valence-electron chi connectivity index (χ4n) is 0.556. The van der Waals surface area contributed by atoms with Crippen LogP contribution in [0.4, 0.5) is 0 Å². The van der Waals surface area contributed by atoms with Gasteiger partial charge in [0.05, 0.1) is 12.7 Å². The molecule has 0 aliphatic carbocycles. The highest BCUT2D eigenvalue weighted by atomic mass is 16.5. The van der Waals surface area contributed by atoms with E-state index in [9.17, 15) is 4.79 Å². The van der Waals surface area contributed by atoms with E-state index in [-0.39, 0.29) is 12.7 Å². The second-order valence-electron chi connectivity index (χ2n) is 2.25. The van der Waals surface area contributed by atoms with Gasteiger partial charge in [-0.05, 0) is 13.8 Å². The minimum atomic E-state index is -0.451. The molecule has 0 spiro atoms. The van der Waals surface area contributed by atoms with E-state index in [0.717, 1.165) is 0 Å². The Morgan fingerprint density at radius 2 is 2.27 bits per heavy atom. The van der Waals surface area contributed by atoms with Crippen molar-refractivity contribution >= 4 is 5.91 Å². The zero-order chi connectivity index (χ0) is 8.69. The smallest absolute Gasteiger partial charge is 0.243 e. The zero-order valence-electron chi connectivity index (χ0n) is 7.00. The SMILES string of the molecule is CCOCC(C)OCC(N)=O. The number of rotatable bonds is 6. The van der Waals surface area contributed by atoms with E-state index < -0.39 is 5.91 Å². The molecule has 1 atom stereocenters. The molecule has 2 N–H and O–H groups in total. The molecule has 11 heavy (non-hydrogen) atoms. The molecule has 0 aromatic heterocycles. The normalized spacial score (nSPS) is 12.9. The summed E-state index contributed by atoms with van der Waals surface area (Å²) in [5.74, 6) is -0.451. The average Bonchev–Trinajstić information content (AvgIpc) is 1.97. The molecule has 0 aliphatic rings. The molecule has 0 fully saturated rings. The van der Waals surface area contributed by atoms with Crippen molar-refractivity contribution in [3.63, 3.8) is 0 Å². The van der Waals surface area contributed by atoms with E-state index in [1.54, 1.807) is 0 Å². The molecule has 0 heterocycles. The molecule has 0 aromatic carbocycles. The van der Waals surface area contributed by atoms with Crippen LogP contribution in [0, 0.1) is 0 Å². The van der Waals surface area contributed by atoms with Gasteiger partial charge >= 0.3 is 0 Å². The summed E-state index contributed by atoms with van der Waals surface area (Å²) in [6.45, 7) is 4.86. The lowest BCUT2D eigenvalue weighted by Crippen LogP contribution is -2.24. The molecular formula is C7H15NO3. The van der Waals surface area contributed by atoms with Gasteiger partial charge in [-0.3, -0.25) is 4.79 Å². The van der Waals surface area contributed by atoms with Crippen molar-refractivity contribution in [1.29, 1.82) is 0 Å². The summed E-state index contributed by atoms with van der Waals surface area (Å²) in [7, 11) is 0. The van der Waals surface area contributed by atoms with Crippen molar-refractivity contribution in [2.24, 2.45) is 5.73 Å². The topological polar surface area (TPSA) is 61.6 Å². The first-order chi connectivity index (χ1) is 5.16. The Hall–Kier alpha value is -0.610. The summed E-state index contributed by atoms with van der Waals surface area (Å²) < 4.78 is 10.1. The molecule has 1 amide bonds. The number of primary amides is 1.